The van der Waals surface area contributed by atoms with Crippen molar-refractivity contribution in [2.75, 3.05) is 13.2 Å². The fraction of sp³-hybridized carbons (Fsp3) is 0.632. The van der Waals surface area contributed by atoms with Crippen molar-refractivity contribution in [3.63, 3.8) is 0 Å². The highest BCUT2D eigenvalue weighted by molar-refractivity contribution is 7.91. The molecule has 0 saturated carbocycles. The largest absolute Gasteiger partial charge is 0.466 e. The molecule has 146 valence electrons. The number of rotatable bonds is 8. The Morgan fingerprint density at radius 2 is 2.15 bits per heavy atom. The Balaban J connectivity index is 2.09. The van der Waals surface area contributed by atoms with Crippen molar-refractivity contribution in [3.8, 4) is 0 Å². The molecule has 1 heterocycles. The number of thiophene rings is 1. The third-order valence-corrected chi connectivity index (χ3v) is 7.89. The first-order valence-corrected chi connectivity index (χ1v) is 11.5. The summed E-state index contributed by atoms with van der Waals surface area (Å²) in [5.74, 6) is 0.865. The van der Waals surface area contributed by atoms with Crippen LogP contribution in [0.1, 0.15) is 40.5 Å². The van der Waals surface area contributed by atoms with Gasteiger partial charge in [-0.15, -0.1) is 11.3 Å². The Kier molecular flexibility index (Phi) is 7.43. The third kappa shape index (κ3) is 5.41. The van der Waals surface area contributed by atoms with Crippen LogP contribution in [0.2, 0.25) is 0 Å². The second-order valence-electron chi connectivity index (χ2n) is 7.21. The van der Waals surface area contributed by atoms with Crippen molar-refractivity contribution in [1.82, 2.24) is 4.72 Å². The molecule has 0 amide bonds. The average molecular weight is 400 g/mol. The Hall–Kier alpha value is -1.18. The van der Waals surface area contributed by atoms with Crippen LogP contribution in [0.5, 0.6) is 0 Å². The summed E-state index contributed by atoms with van der Waals surface area (Å²) >= 11 is 1.22. The fourth-order valence-corrected chi connectivity index (χ4v) is 5.73. The van der Waals surface area contributed by atoms with E-state index in [2.05, 4.69) is 24.6 Å². The Morgan fingerprint density at radius 1 is 1.42 bits per heavy atom. The van der Waals surface area contributed by atoms with Crippen LogP contribution in [0.25, 0.3) is 0 Å². The molecule has 3 atom stereocenters. The quantitative estimate of drug-likeness (QED) is 0.532. The first-order chi connectivity index (χ1) is 12.2. The zero-order valence-corrected chi connectivity index (χ0v) is 17.5. The minimum Gasteiger partial charge on any atom is -0.466 e. The Labute approximate surface area is 160 Å². The number of allylic oxidation sites excluding steroid dienone is 1. The minimum absolute atomic E-state index is 0.128. The van der Waals surface area contributed by atoms with Crippen molar-refractivity contribution >= 4 is 27.3 Å². The van der Waals surface area contributed by atoms with E-state index in [1.165, 1.54) is 11.3 Å². The molecule has 0 aliphatic heterocycles. The molecule has 1 aromatic heterocycles. The lowest BCUT2D eigenvalue weighted by Crippen LogP contribution is -2.37. The smallest absolute Gasteiger partial charge is 0.306 e. The summed E-state index contributed by atoms with van der Waals surface area (Å²) in [4.78, 5) is 11.9. The highest BCUT2D eigenvalue weighted by atomic mass is 32.2. The number of ether oxygens (including phenoxy) is 1. The maximum Gasteiger partial charge on any atom is 0.306 e. The van der Waals surface area contributed by atoms with Crippen molar-refractivity contribution in [1.29, 1.82) is 0 Å². The van der Waals surface area contributed by atoms with Crippen LogP contribution in [0.4, 0.5) is 0 Å². The second-order valence-corrected chi connectivity index (χ2v) is 10.1. The molecule has 1 aromatic rings. The molecule has 7 heteroatoms. The number of nitrogens with one attached hydrogen (secondary N) is 1. The van der Waals surface area contributed by atoms with Crippen molar-refractivity contribution in [2.45, 2.75) is 44.7 Å². The van der Waals surface area contributed by atoms with E-state index >= 15 is 0 Å². The van der Waals surface area contributed by atoms with Gasteiger partial charge in [0.25, 0.3) is 0 Å². The zero-order valence-electron chi connectivity index (χ0n) is 15.9. The standard InChI is InChI=1S/C19H29NO4S2/c1-5-24-18(21)11-15-10-17(13(2)3)16(9-14(15)4)12-20-26(22,23)19-7-6-8-25-19/h6-9,13,15-17,20H,5,10-12H2,1-4H3/t15-,16+,17+/m1/s1. The summed E-state index contributed by atoms with van der Waals surface area (Å²) < 4.78 is 33.0. The summed E-state index contributed by atoms with van der Waals surface area (Å²) in [7, 11) is -3.46. The average Bonchev–Trinajstić information content (AvgIpc) is 3.10. The summed E-state index contributed by atoms with van der Waals surface area (Å²) in [5, 5.41) is 1.76. The molecule has 0 radical (unpaired) electrons. The topological polar surface area (TPSA) is 72.5 Å². The predicted molar refractivity (Wildman–Crippen MR) is 104 cm³/mol. The number of sulfonamides is 1. The lowest BCUT2D eigenvalue weighted by Gasteiger charge is -2.37. The van der Waals surface area contributed by atoms with Gasteiger partial charge >= 0.3 is 5.97 Å². The maximum absolute atomic E-state index is 12.4. The molecular weight excluding hydrogens is 370 g/mol. The molecular formula is C19H29NO4S2. The van der Waals surface area contributed by atoms with E-state index in [0.29, 0.717) is 35.6 Å². The van der Waals surface area contributed by atoms with Gasteiger partial charge in [0.15, 0.2) is 0 Å². The SMILES string of the molecule is CCOC(=O)C[C@H]1C[C@@H](C(C)C)[C@H](CNS(=O)(=O)c2cccs2)C=C1C. The van der Waals surface area contributed by atoms with E-state index < -0.39 is 10.0 Å². The summed E-state index contributed by atoms with van der Waals surface area (Å²) in [6, 6.07) is 3.35. The first kappa shape index (κ1) is 21.1. The van der Waals surface area contributed by atoms with Crippen LogP contribution in [0.15, 0.2) is 33.4 Å². The van der Waals surface area contributed by atoms with E-state index in [1.807, 2.05) is 13.8 Å². The molecule has 0 fully saturated rings. The molecule has 5 nitrogen and oxygen atoms in total. The minimum atomic E-state index is -3.46. The van der Waals surface area contributed by atoms with Gasteiger partial charge in [-0.3, -0.25) is 4.79 Å². The predicted octanol–water partition coefficient (Wildman–Crippen LogP) is 3.83. The Bertz CT molecular complexity index is 723. The van der Waals surface area contributed by atoms with Crippen LogP contribution in [0.3, 0.4) is 0 Å². The molecule has 1 N–H and O–H groups in total. The lowest BCUT2D eigenvalue weighted by molar-refractivity contribution is -0.144. The number of hydrogen-bond donors (Lipinski definition) is 1. The van der Waals surface area contributed by atoms with Gasteiger partial charge in [-0.2, -0.15) is 0 Å². The highest BCUT2D eigenvalue weighted by Gasteiger charge is 2.33. The van der Waals surface area contributed by atoms with E-state index in [4.69, 9.17) is 4.74 Å². The molecule has 0 spiro atoms. The number of hydrogen-bond acceptors (Lipinski definition) is 5. The molecule has 0 bridgehead atoms. The summed E-state index contributed by atoms with van der Waals surface area (Å²) in [6.45, 7) is 8.93. The van der Waals surface area contributed by atoms with Crippen molar-refractivity contribution < 1.29 is 17.9 Å². The first-order valence-electron chi connectivity index (χ1n) is 9.11. The van der Waals surface area contributed by atoms with Crippen LogP contribution in [-0.2, 0) is 19.6 Å². The molecule has 26 heavy (non-hydrogen) atoms. The van der Waals surface area contributed by atoms with E-state index in [9.17, 15) is 13.2 Å². The van der Waals surface area contributed by atoms with Gasteiger partial charge < -0.3 is 4.74 Å². The van der Waals surface area contributed by atoms with Gasteiger partial charge in [0, 0.05) is 6.54 Å². The number of carbonyl (C=O) groups is 1. The summed E-state index contributed by atoms with van der Waals surface area (Å²) in [5.41, 5.74) is 1.15. The van der Waals surface area contributed by atoms with Gasteiger partial charge in [0.05, 0.1) is 13.0 Å². The van der Waals surface area contributed by atoms with Gasteiger partial charge in [0.2, 0.25) is 10.0 Å². The molecule has 2 rings (SSSR count). The van der Waals surface area contributed by atoms with Gasteiger partial charge in [-0.05, 0) is 55.4 Å². The van der Waals surface area contributed by atoms with Gasteiger partial charge in [-0.1, -0.05) is 31.6 Å². The molecule has 0 saturated heterocycles. The van der Waals surface area contributed by atoms with Crippen LogP contribution in [0, 0.1) is 23.7 Å². The molecule has 0 unspecified atom stereocenters. The monoisotopic (exact) mass is 399 g/mol. The van der Waals surface area contributed by atoms with E-state index in [1.54, 1.807) is 17.5 Å². The Morgan fingerprint density at radius 3 is 2.73 bits per heavy atom. The zero-order chi connectivity index (χ0) is 19.3. The summed E-state index contributed by atoms with van der Waals surface area (Å²) in [6.07, 6.45) is 3.42. The van der Waals surface area contributed by atoms with Crippen molar-refractivity contribution in [2.24, 2.45) is 23.7 Å². The van der Waals surface area contributed by atoms with Crippen LogP contribution in [-0.4, -0.2) is 27.5 Å². The normalized spacial score (nSPS) is 23.7. The second kappa shape index (κ2) is 9.15. The molecule has 1 aliphatic rings. The number of carbonyl (C=O) groups excluding carboxylic acids is 1. The maximum atomic E-state index is 12.4. The number of esters is 1. The van der Waals surface area contributed by atoms with Gasteiger partial charge in [-0.25, -0.2) is 13.1 Å². The fourth-order valence-electron chi connectivity index (χ4n) is 3.62. The van der Waals surface area contributed by atoms with Gasteiger partial charge in [0.1, 0.15) is 4.21 Å². The van der Waals surface area contributed by atoms with E-state index in [-0.39, 0.29) is 17.8 Å². The third-order valence-electron chi connectivity index (χ3n) is 5.07. The van der Waals surface area contributed by atoms with E-state index in [0.717, 1.165) is 12.0 Å². The molecule has 1 aliphatic carbocycles. The molecule has 0 aromatic carbocycles. The highest BCUT2D eigenvalue weighted by Crippen LogP contribution is 2.39. The van der Waals surface area contributed by atoms with Crippen molar-refractivity contribution in [3.05, 3.63) is 29.2 Å². The van der Waals surface area contributed by atoms with Crippen LogP contribution >= 0.6 is 11.3 Å². The lowest BCUT2D eigenvalue weighted by atomic mass is 9.70. The van der Waals surface area contributed by atoms with Crippen LogP contribution < -0.4 is 4.72 Å².